The smallest absolute Gasteiger partial charge is 0.254 e. The van der Waals surface area contributed by atoms with Gasteiger partial charge in [0.05, 0.1) is 18.6 Å². The van der Waals surface area contributed by atoms with Crippen molar-refractivity contribution in [3.05, 3.63) is 101 Å². The van der Waals surface area contributed by atoms with E-state index >= 15 is 0 Å². The normalized spacial score (nSPS) is 17.6. The second-order valence-electron chi connectivity index (χ2n) is 8.01. The van der Waals surface area contributed by atoms with Crippen molar-refractivity contribution in [2.45, 2.75) is 18.9 Å². The van der Waals surface area contributed by atoms with Crippen LogP contribution in [-0.4, -0.2) is 37.0 Å². The zero-order chi connectivity index (χ0) is 23.5. The molecular weight excluding hydrogens is 426 g/mol. The molecule has 33 heavy (non-hydrogen) atoms. The van der Waals surface area contributed by atoms with Gasteiger partial charge in [-0.1, -0.05) is 36.4 Å². The summed E-state index contributed by atoms with van der Waals surface area (Å²) in [6.07, 6.45) is 0. The lowest BCUT2D eigenvalue weighted by molar-refractivity contribution is -0.119. The monoisotopic (exact) mass is 450 g/mol. The lowest BCUT2D eigenvalue weighted by Crippen LogP contribution is -2.47. The summed E-state index contributed by atoms with van der Waals surface area (Å²) in [5, 5.41) is 2.80. The maximum Gasteiger partial charge on any atom is 0.254 e. The van der Waals surface area contributed by atoms with Crippen LogP contribution in [0.2, 0.25) is 0 Å². The van der Waals surface area contributed by atoms with Crippen LogP contribution in [0.5, 0.6) is 0 Å². The minimum atomic E-state index is -0.800. The summed E-state index contributed by atoms with van der Waals surface area (Å²) in [7, 11) is 1.53. The Bertz CT molecular complexity index is 1180. The average molecular weight is 450 g/mol. The lowest BCUT2D eigenvalue weighted by Gasteiger charge is -2.41. The Hall–Kier alpha value is -3.58. The van der Waals surface area contributed by atoms with E-state index in [0.29, 0.717) is 27.9 Å². The van der Waals surface area contributed by atoms with Crippen LogP contribution < -0.4 is 5.32 Å². The molecule has 1 N–H and O–H groups in total. The molecule has 3 aromatic rings. The fraction of sp³-hybridized carbons (Fsp3) is 0.231. The Balaban J connectivity index is 1.82. The number of aryl methyl sites for hydroxylation is 1. The Morgan fingerprint density at radius 2 is 1.79 bits per heavy atom. The molecule has 7 heteroatoms. The number of benzene rings is 3. The van der Waals surface area contributed by atoms with Crippen molar-refractivity contribution in [3.8, 4) is 0 Å². The summed E-state index contributed by atoms with van der Waals surface area (Å²) >= 11 is 0. The number of rotatable bonds is 6. The summed E-state index contributed by atoms with van der Waals surface area (Å²) in [5.74, 6) is -2.27. The molecule has 0 saturated heterocycles. The highest BCUT2D eigenvalue weighted by molar-refractivity contribution is 6.04. The van der Waals surface area contributed by atoms with Gasteiger partial charge >= 0.3 is 0 Å². The van der Waals surface area contributed by atoms with Crippen LogP contribution in [0.1, 0.15) is 39.0 Å². The Labute approximate surface area is 191 Å². The highest BCUT2D eigenvalue weighted by atomic mass is 19.1. The van der Waals surface area contributed by atoms with Crippen molar-refractivity contribution < 1.29 is 23.1 Å². The van der Waals surface area contributed by atoms with Crippen molar-refractivity contribution in [1.82, 2.24) is 4.90 Å². The highest BCUT2D eigenvalue weighted by Gasteiger charge is 2.44. The lowest BCUT2D eigenvalue weighted by atomic mass is 9.79. The van der Waals surface area contributed by atoms with Gasteiger partial charge in [0, 0.05) is 24.9 Å². The van der Waals surface area contributed by atoms with Crippen LogP contribution in [-0.2, 0) is 9.53 Å². The summed E-state index contributed by atoms with van der Waals surface area (Å²) in [6.45, 7) is 2.15. The molecule has 1 aliphatic heterocycles. The van der Waals surface area contributed by atoms with Gasteiger partial charge in [-0.3, -0.25) is 9.59 Å². The molecule has 1 heterocycles. The van der Waals surface area contributed by atoms with Gasteiger partial charge in [-0.05, 0) is 53.9 Å². The zero-order valence-electron chi connectivity index (χ0n) is 18.3. The molecular formula is C26H24F2N2O3. The van der Waals surface area contributed by atoms with Crippen molar-refractivity contribution >= 4 is 17.5 Å². The van der Waals surface area contributed by atoms with Gasteiger partial charge in [0.1, 0.15) is 11.6 Å². The first-order valence-corrected chi connectivity index (χ1v) is 10.6. The number of hydrogen-bond acceptors (Lipinski definition) is 3. The molecule has 0 unspecified atom stereocenters. The number of ether oxygens (including phenoxy) is 1. The van der Waals surface area contributed by atoms with E-state index < -0.39 is 29.5 Å². The van der Waals surface area contributed by atoms with E-state index in [2.05, 4.69) is 5.32 Å². The van der Waals surface area contributed by atoms with E-state index in [1.54, 1.807) is 60.4 Å². The van der Waals surface area contributed by atoms with Crippen molar-refractivity contribution in [2.75, 3.05) is 25.6 Å². The van der Waals surface area contributed by atoms with Gasteiger partial charge in [-0.25, -0.2) is 8.78 Å². The number of methoxy groups -OCH3 is 1. The number of carbonyl (C=O) groups is 2. The van der Waals surface area contributed by atoms with Gasteiger partial charge in [-0.2, -0.15) is 0 Å². The number of halogens is 2. The van der Waals surface area contributed by atoms with Crippen LogP contribution in [0.15, 0.2) is 66.7 Å². The molecule has 2 atom stereocenters. The van der Waals surface area contributed by atoms with E-state index in [1.807, 2.05) is 0 Å². The summed E-state index contributed by atoms with van der Waals surface area (Å²) in [5.41, 5.74) is 2.39. The number of anilines is 1. The third-order valence-electron chi connectivity index (χ3n) is 5.91. The Morgan fingerprint density at radius 3 is 2.48 bits per heavy atom. The fourth-order valence-corrected chi connectivity index (χ4v) is 4.23. The second kappa shape index (κ2) is 9.50. The standard InChI is InChI=1S/C26H24F2N2O3/c1-16-7-12-19(15-22(16)28)29-25(31)23-20-5-3-4-6-21(20)26(32)30(13-14-33-2)24(23)17-8-10-18(27)11-9-17/h3-12,15,23-24H,13-14H2,1-2H3,(H,29,31)/t23-,24-/m1/s1. The fourth-order valence-electron chi connectivity index (χ4n) is 4.23. The van der Waals surface area contributed by atoms with Crippen LogP contribution in [0, 0.1) is 18.6 Å². The zero-order valence-corrected chi connectivity index (χ0v) is 18.3. The van der Waals surface area contributed by atoms with Crippen LogP contribution in [0.4, 0.5) is 14.5 Å². The Kier molecular flexibility index (Phi) is 6.51. The van der Waals surface area contributed by atoms with E-state index in [-0.39, 0.29) is 19.1 Å². The van der Waals surface area contributed by atoms with E-state index in [4.69, 9.17) is 4.74 Å². The van der Waals surface area contributed by atoms with E-state index in [0.717, 1.165) is 0 Å². The van der Waals surface area contributed by atoms with Crippen molar-refractivity contribution in [3.63, 3.8) is 0 Å². The van der Waals surface area contributed by atoms with Crippen molar-refractivity contribution in [1.29, 1.82) is 0 Å². The summed E-state index contributed by atoms with van der Waals surface area (Å²) in [4.78, 5) is 28.6. The second-order valence-corrected chi connectivity index (χ2v) is 8.01. The molecule has 2 amide bonds. The molecule has 0 fully saturated rings. The number of nitrogens with zero attached hydrogens (tertiary/aromatic N) is 1. The number of fused-ring (bicyclic) bond motifs is 1. The summed E-state index contributed by atoms with van der Waals surface area (Å²) < 4.78 is 33.0. The van der Waals surface area contributed by atoms with Gasteiger partial charge < -0.3 is 15.0 Å². The van der Waals surface area contributed by atoms with E-state index in [1.165, 1.54) is 25.3 Å². The Morgan fingerprint density at radius 1 is 1.06 bits per heavy atom. The molecule has 0 spiro atoms. The van der Waals surface area contributed by atoms with Gasteiger partial charge in [-0.15, -0.1) is 0 Å². The molecule has 5 nitrogen and oxygen atoms in total. The van der Waals surface area contributed by atoms with Crippen molar-refractivity contribution in [2.24, 2.45) is 0 Å². The first-order chi connectivity index (χ1) is 15.9. The third kappa shape index (κ3) is 4.50. The minimum absolute atomic E-state index is 0.234. The van der Waals surface area contributed by atoms with Gasteiger partial charge in [0.25, 0.3) is 5.91 Å². The van der Waals surface area contributed by atoms with Crippen LogP contribution in [0.3, 0.4) is 0 Å². The minimum Gasteiger partial charge on any atom is -0.383 e. The third-order valence-corrected chi connectivity index (χ3v) is 5.91. The maximum atomic E-state index is 14.1. The number of amides is 2. The molecule has 1 aliphatic rings. The average Bonchev–Trinajstić information content (AvgIpc) is 2.81. The van der Waals surface area contributed by atoms with Gasteiger partial charge in [0.2, 0.25) is 5.91 Å². The molecule has 170 valence electrons. The maximum absolute atomic E-state index is 14.1. The molecule has 4 rings (SSSR count). The van der Waals surface area contributed by atoms with Gasteiger partial charge in [0.15, 0.2) is 0 Å². The number of hydrogen-bond donors (Lipinski definition) is 1. The first kappa shape index (κ1) is 22.6. The molecule has 0 saturated carbocycles. The largest absolute Gasteiger partial charge is 0.383 e. The molecule has 0 bridgehead atoms. The molecule has 0 aliphatic carbocycles. The quantitative estimate of drug-likeness (QED) is 0.585. The van der Waals surface area contributed by atoms with Crippen LogP contribution in [0.25, 0.3) is 0 Å². The highest BCUT2D eigenvalue weighted by Crippen LogP contribution is 2.43. The molecule has 3 aromatic carbocycles. The topological polar surface area (TPSA) is 58.6 Å². The van der Waals surface area contributed by atoms with Crippen LogP contribution >= 0.6 is 0 Å². The van der Waals surface area contributed by atoms with E-state index in [9.17, 15) is 18.4 Å². The number of nitrogens with one attached hydrogen (secondary N) is 1. The predicted octanol–water partition coefficient (Wildman–Crippen LogP) is 4.84. The molecule has 0 radical (unpaired) electrons. The first-order valence-electron chi connectivity index (χ1n) is 10.6. The number of carbonyl (C=O) groups excluding carboxylic acids is 2. The predicted molar refractivity (Wildman–Crippen MR) is 121 cm³/mol. The molecule has 0 aromatic heterocycles. The SMILES string of the molecule is COCCN1C(=O)c2ccccc2[C@@H](C(=O)Nc2ccc(C)c(F)c2)[C@H]1c1ccc(F)cc1. The summed E-state index contributed by atoms with van der Waals surface area (Å²) in [6, 6.07) is 16.5.